The Morgan fingerprint density at radius 2 is 1.96 bits per heavy atom. The van der Waals surface area contributed by atoms with Crippen LogP contribution in [0.15, 0.2) is 28.8 Å². The lowest BCUT2D eigenvalue weighted by molar-refractivity contribution is -0.197. The molecule has 0 N–H and O–H groups in total. The van der Waals surface area contributed by atoms with E-state index in [0.29, 0.717) is 17.7 Å². The fraction of sp³-hybridized carbons (Fsp3) is 0.438. The van der Waals surface area contributed by atoms with Gasteiger partial charge in [0.05, 0.1) is 13.2 Å². The van der Waals surface area contributed by atoms with Crippen molar-refractivity contribution in [1.29, 1.82) is 0 Å². The molecular formula is C16H18F3N3O4. The molecule has 0 saturated heterocycles. The lowest BCUT2D eigenvalue weighted by Gasteiger charge is -2.23. The van der Waals surface area contributed by atoms with E-state index in [1.54, 1.807) is 26.0 Å². The highest BCUT2D eigenvalue weighted by Gasteiger charge is 2.38. The summed E-state index contributed by atoms with van der Waals surface area (Å²) in [7, 11) is 1.42. The van der Waals surface area contributed by atoms with Crippen LogP contribution in [0.4, 0.5) is 13.2 Å². The van der Waals surface area contributed by atoms with Crippen molar-refractivity contribution in [3.05, 3.63) is 35.7 Å². The molecule has 7 nitrogen and oxygen atoms in total. The third-order valence-corrected chi connectivity index (χ3v) is 3.44. The molecule has 0 aliphatic rings. The standard InChI is InChI=1S/C16H18F3N3O4/c1-4-25-22(14(23)10(2)24-3)9-11-5-7-12(8-6-11)13-20-15(26-21-13)16(17,18)19/h5-8,10H,4,9H2,1-3H3/t10-/m1/s1. The van der Waals surface area contributed by atoms with Crippen molar-refractivity contribution in [3.63, 3.8) is 0 Å². The molecule has 142 valence electrons. The molecule has 0 unspecified atom stereocenters. The minimum absolute atomic E-state index is 0.153. The third-order valence-electron chi connectivity index (χ3n) is 3.44. The van der Waals surface area contributed by atoms with E-state index < -0.39 is 18.2 Å². The van der Waals surface area contributed by atoms with Gasteiger partial charge in [-0.2, -0.15) is 18.2 Å². The predicted octanol–water partition coefficient (Wildman–Crippen LogP) is 3.07. The van der Waals surface area contributed by atoms with Gasteiger partial charge in [0, 0.05) is 12.7 Å². The van der Waals surface area contributed by atoms with E-state index in [4.69, 9.17) is 9.57 Å². The maximum absolute atomic E-state index is 12.5. The van der Waals surface area contributed by atoms with E-state index in [1.807, 2.05) is 0 Å². The number of benzene rings is 1. The van der Waals surface area contributed by atoms with Crippen molar-refractivity contribution in [3.8, 4) is 11.4 Å². The summed E-state index contributed by atoms with van der Waals surface area (Å²) in [4.78, 5) is 20.8. The first-order valence-corrected chi connectivity index (χ1v) is 7.73. The van der Waals surface area contributed by atoms with E-state index in [2.05, 4.69) is 14.7 Å². The second-order valence-electron chi connectivity index (χ2n) is 5.29. The number of carbonyl (C=O) groups excluding carboxylic acids is 1. The Hall–Kier alpha value is -2.46. The number of ether oxygens (including phenoxy) is 1. The molecule has 1 heterocycles. The van der Waals surface area contributed by atoms with Crippen molar-refractivity contribution in [2.24, 2.45) is 0 Å². The van der Waals surface area contributed by atoms with Gasteiger partial charge in [-0.05, 0) is 19.4 Å². The minimum atomic E-state index is -4.69. The van der Waals surface area contributed by atoms with E-state index in [-0.39, 0.29) is 18.3 Å². The van der Waals surface area contributed by atoms with Gasteiger partial charge < -0.3 is 9.26 Å². The van der Waals surface area contributed by atoms with Gasteiger partial charge in [-0.1, -0.05) is 29.4 Å². The Morgan fingerprint density at radius 1 is 1.31 bits per heavy atom. The molecule has 26 heavy (non-hydrogen) atoms. The van der Waals surface area contributed by atoms with Crippen LogP contribution in [0.5, 0.6) is 0 Å². The first-order valence-electron chi connectivity index (χ1n) is 7.73. The first-order chi connectivity index (χ1) is 12.3. The summed E-state index contributed by atoms with van der Waals surface area (Å²) in [6.07, 6.45) is -5.36. The van der Waals surface area contributed by atoms with Gasteiger partial charge in [-0.25, -0.2) is 5.06 Å². The second-order valence-corrected chi connectivity index (χ2v) is 5.29. The average molecular weight is 373 g/mol. The first kappa shape index (κ1) is 19.9. The number of nitrogens with zero attached hydrogens (tertiary/aromatic N) is 3. The molecule has 1 atom stereocenters. The van der Waals surface area contributed by atoms with Crippen molar-refractivity contribution in [2.75, 3.05) is 13.7 Å². The summed E-state index contributed by atoms with van der Waals surface area (Å²) in [6.45, 7) is 3.80. The minimum Gasteiger partial charge on any atom is -0.372 e. The zero-order valence-electron chi connectivity index (χ0n) is 14.4. The zero-order chi connectivity index (χ0) is 19.3. The fourth-order valence-electron chi connectivity index (χ4n) is 2.03. The van der Waals surface area contributed by atoms with Crippen LogP contribution in [-0.2, 0) is 27.1 Å². The van der Waals surface area contributed by atoms with Gasteiger partial charge in [0.15, 0.2) is 0 Å². The number of hydrogen-bond acceptors (Lipinski definition) is 6. The van der Waals surface area contributed by atoms with E-state index >= 15 is 0 Å². The molecule has 1 aromatic heterocycles. The van der Waals surface area contributed by atoms with Crippen LogP contribution in [0.1, 0.15) is 25.3 Å². The van der Waals surface area contributed by atoms with Crippen LogP contribution in [-0.4, -0.2) is 40.9 Å². The molecule has 0 saturated carbocycles. The SMILES string of the molecule is CCON(Cc1ccc(-c2noc(C(F)(F)F)n2)cc1)C(=O)[C@@H](C)OC. The van der Waals surface area contributed by atoms with Crippen molar-refractivity contribution < 1.29 is 32.1 Å². The number of alkyl halides is 3. The molecule has 2 rings (SSSR count). The molecule has 2 aromatic rings. The Bertz CT molecular complexity index is 731. The number of hydrogen-bond donors (Lipinski definition) is 0. The molecule has 0 fully saturated rings. The summed E-state index contributed by atoms with van der Waals surface area (Å²) >= 11 is 0. The summed E-state index contributed by atoms with van der Waals surface area (Å²) < 4.78 is 46.7. The van der Waals surface area contributed by atoms with Crippen molar-refractivity contribution >= 4 is 5.91 Å². The summed E-state index contributed by atoms with van der Waals surface area (Å²) in [5, 5.41) is 4.50. The van der Waals surface area contributed by atoms with Crippen LogP contribution < -0.4 is 0 Å². The highest BCUT2D eigenvalue weighted by Crippen LogP contribution is 2.29. The van der Waals surface area contributed by atoms with E-state index in [9.17, 15) is 18.0 Å². The average Bonchev–Trinajstić information content (AvgIpc) is 3.11. The molecule has 0 bridgehead atoms. The Morgan fingerprint density at radius 3 is 2.46 bits per heavy atom. The predicted molar refractivity (Wildman–Crippen MR) is 83.4 cm³/mol. The molecule has 10 heteroatoms. The quantitative estimate of drug-likeness (QED) is 0.694. The van der Waals surface area contributed by atoms with Crippen LogP contribution >= 0.6 is 0 Å². The Balaban J connectivity index is 2.13. The molecule has 0 aliphatic carbocycles. The molecular weight excluding hydrogens is 355 g/mol. The molecule has 0 radical (unpaired) electrons. The number of carbonyl (C=O) groups is 1. The Kier molecular flexibility index (Phi) is 6.32. The van der Waals surface area contributed by atoms with Gasteiger partial charge in [-0.15, -0.1) is 0 Å². The van der Waals surface area contributed by atoms with Gasteiger partial charge in [0.2, 0.25) is 5.82 Å². The summed E-state index contributed by atoms with van der Waals surface area (Å²) in [5.74, 6) is -1.92. The second kappa shape index (κ2) is 8.28. The van der Waals surface area contributed by atoms with E-state index in [1.165, 1.54) is 24.3 Å². The fourth-order valence-corrected chi connectivity index (χ4v) is 2.03. The molecule has 1 aromatic carbocycles. The van der Waals surface area contributed by atoms with Crippen LogP contribution in [0.2, 0.25) is 0 Å². The normalized spacial score (nSPS) is 12.8. The topological polar surface area (TPSA) is 77.7 Å². The molecule has 0 aliphatic heterocycles. The number of methoxy groups -OCH3 is 1. The maximum Gasteiger partial charge on any atom is 0.471 e. The van der Waals surface area contributed by atoms with Gasteiger partial charge >= 0.3 is 12.1 Å². The van der Waals surface area contributed by atoms with Crippen molar-refractivity contribution in [1.82, 2.24) is 15.2 Å². The van der Waals surface area contributed by atoms with Crippen LogP contribution in [0.25, 0.3) is 11.4 Å². The smallest absolute Gasteiger partial charge is 0.372 e. The largest absolute Gasteiger partial charge is 0.471 e. The maximum atomic E-state index is 12.5. The Labute approximate surface area is 147 Å². The van der Waals surface area contributed by atoms with Gasteiger partial charge in [0.25, 0.3) is 5.91 Å². The van der Waals surface area contributed by atoms with Crippen LogP contribution in [0.3, 0.4) is 0 Å². The molecule has 1 amide bonds. The number of amides is 1. The summed E-state index contributed by atoms with van der Waals surface area (Å²) in [6, 6.07) is 6.34. The highest BCUT2D eigenvalue weighted by atomic mass is 19.4. The summed E-state index contributed by atoms with van der Waals surface area (Å²) in [5.41, 5.74) is 1.06. The van der Waals surface area contributed by atoms with Crippen LogP contribution in [0, 0.1) is 0 Å². The number of rotatable bonds is 7. The number of halogens is 3. The van der Waals surface area contributed by atoms with Crippen molar-refractivity contribution in [2.45, 2.75) is 32.7 Å². The number of hydroxylamine groups is 2. The van der Waals surface area contributed by atoms with Gasteiger partial charge in [-0.3, -0.25) is 9.63 Å². The highest BCUT2D eigenvalue weighted by molar-refractivity contribution is 5.79. The lowest BCUT2D eigenvalue weighted by atomic mass is 10.1. The third kappa shape index (κ3) is 4.79. The van der Waals surface area contributed by atoms with E-state index in [0.717, 1.165) is 0 Å². The number of aromatic nitrogens is 2. The molecule has 0 spiro atoms. The van der Waals surface area contributed by atoms with Gasteiger partial charge in [0.1, 0.15) is 6.10 Å². The monoisotopic (exact) mass is 373 g/mol. The lowest BCUT2D eigenvalue weighted by Crippen LogP contribution is -2.38. The zero-order valence-corrected chi connectivity index (χ0v) is 14.4.